The molecule has 2 aliphatic rings. The molecule has 3 aromatic rings. The van der Waals surface area contributed by atoms with Gasteiger partial charge in [-0.25, -0.2) is 9.59 Å². The molecular weight excluding hydrogens is 741 g/mol. The van der Waals surface area contributed by atoms with Crippen LogP contribution < -0.4 is 21.3 Å². The topological polar surface area (TPSA) is 175 Å². The molecule has 14 heteroatoms. The van der Waals surface area contributed by atoms with Crippen LogP contribution in [-0.2, 0) is 35.1 Å². The van der Waals surface area contributed by atoms with E-state index in [2.05, 4.69) is 33.4 Å². The van der Waals surface area contributed by atoms with Gasteiger partial charge in [-0.1, -0.05) is 82.3 Å². The van der Waals surface area contributed by atoms with Crippen molar-refractivity contribution in [3.8, 4) is 0 Å². The maximum absolute atomic E-state index is 13.5. The fraction of sp³-hybridized carbons (Fsp3) is 0.455. The molecular formula is C44H56N6O8. The number of carbonyl (C=O) groups is 6. The Bertz CT molecular complexity index is 1900. The maximum atomic E-state index is 13.5. The van der Waals surface area contributed by atoms with Gasteiger partial charge in [0.15, 0.2) is 0 Å². The SMILES string of the molecule is COC(=O)NC(C(=O)N1CCCC1C(=O)Nc1ccc(CC(c2ccccc2)c2ccc(NC(=O)C3CCCN3C(=O)C(NC(=O)OC)C(C)C)cc2)cc1)C(C)C. The lowest BCUT2D eigenvalue weighted by atomic mass is 9.86. The molecule has 4 N–H and O–H groups in total. The van der Waals surface area contributed by atoms with Gasteiger partial charge < -0.3 is 40.5 Å². The summed E-state index contributed by atoms with van der Waals surface area (Å²) in [4.78, 5) is 80.8. The van der Waals surface area contributed by atoms with Gasteiger partial charge in [-0.15, -0.1) is 0 Å². The number of anilines is 2. The Hall–Kier alpha value is -5.92. The van der Waals surface area contributed by atoms with E-state index in [1.54, 1.807) is 9.80 Å². The molecule has 2 fully saturated rings. The summed E-state index contributed by atoms with van der Waals surface area (Å²) in [6, 6.07) is 22.6. The smallest absolute Gasteiger partial charge is 0.407 e. The molecule has 0 saturated carbocycles. The molecule has 2 heterocycles. The summed E-state index contributed by atoms with van der Waals surface area (Å²) < 4.78 is 9.42. The molecule has 5 atom stereocenters. The van der Waals surface area contributed by atoms with Crippen LogP contribution in [0.3, 0.4) is 0 Å². The molecule has 0 aliphatic carbocycles. The number of hydrogen-bond donors (Lipinski definition) is 4. The van der Waals surface area contributed by atoms with Gasteiger partial charge in [0.1, 0.15) is 24.2 Å². The summed E-state index contributed by atoms with van der Waals surface area (Å²) in [7, 11) is 2.49. The zero-order valence-corrected chi connectivity index (χ0v) is 34.2. The molecule has 58 heavy (non-hydrogen) atoms. The molecule has 2 aliphatic heterocycles. The number of likely N-dealkylation sites (tertiary alicyclic amines) is 2. The Labute approximate surface area is 340 Å². The molecule has 5 rings (SSSR count). The second-order valence-corrected chi connectivity index (χ2v) is 15.6. The maximum Gasteiger partial charge on any atom is 0.407 e. The number of nitrogens with one attached hydrogen (secondary N) is 4. The van der Waals surface area contributed by atoms with Gasteiger partial charge in [0.05, 0.1) is 14.2 Å². The lowest BCUT2D eigenvalue weighted by Gasteiger charge is -2.30. The van der Waals surface area contributed by atoms with Crippen LogP contribution in [0.25, 0.3) is 0 Å². The van der Waals surface area contributed by atoms with Gasteiger partial charge in [-0.3, -0.25) is 19.2 Å². The van der Waals surface area contributed by atoms with E-state index in [0.717, 1.165) is 16.7 Å². The lowest BCUT2D eigenvalue weighted by Crippen LogP contribution is -2.54. The van der Waals surface area contributed by atoms with Crippen LogP contribution in [0, 0.1) is 11.8 Å². The summed E-state index contributed by atoms with van der Waals surface area (Å²) in [5, 5.41) is 11.2. The van der Waals surface area contributed by atoms with Crippen LogP contribution in [0.15, 0.2) is 78.9 Å². The summed E-state index contributed by atoms with van der Waals surface area (Å²) in [6.45, 7) is 8.17. The van der Waals surface area contributed by atoms with Crippen molar-refractivity contribution < 1.29 is 38.2 Å². The van der Waals surface area contributed by atoms with Crippen LogP contribution in [0.1, 0.15) is 76.0 Å². The molecule has 14 nitrogen and oxygen atoms in total. The first kappa shape index (κ1) is 43.2. The fourth-order valence-corrected chi connectivity index (χ4v) is 7.69. The number of amides is 6. The number of methoxy groups -OCH3 is 2. The standard InChI is InChI=1S/C44H56N6O8/c1-27(2)37(47-43(55)57-5)41(53)49-24-10-14-35(49)39(51)45-32-20-16-29(17-21-32)26-34(30-12-8-7-9-13-30)31-18-22-33(23-19-31)46-40(52)36-15-11-25-50(36)42(54)38(28(3)4)48-44(56)58-6/h7-9,12-13,16-23,27-28,34-38H,10-11,14-15,24-26H2,1-6H3,(H,45,51)(H,46,52)(H,47,55)(H,48,56). The van der Waals surface area contributed by atoms with E-state index in [4.69, 9.17) is 9.47 Å². The predicted octanol–water partition coefficient (Wildman–Crippen LogP) is 5.68. The zero-order valence-electron chi connectivity index (χ0n) is 34.2. The van der Waals surface area contributed by atoms with Crippen molar-refractivity contribution in [2.45, 2.75) is 89.9 Å². The normalized spacial score (nSPS) is 17.9. The number of ether oxygens (including phenoxy) is 2. The van der Waals surface area contributed by atoms with E-state index in [9.17, 15) is 28.8 Å². The third kappa shape index (κ3) is 10.7. The van der Waals surface area contributed by atoms with Gasteiger partial charge in [-0.2, -0.15) is 0 Å². The minimum Gasteiger partial charge on any atom is -0.453 e. The highest BCUT2D eigenvalue weighted by Crippen LogP contribution is 2.31. The van der Waals surface area contributed by atoms with Crippen molar-refractivity contribution in [3.63, 3.8) is 0 Å². The summed E-state index contributed by atoms with van der Waals surface area (Å²) >= 11 is 0. The largest absolute Gasteiger partial charge is 0.453 e. The van der Waals surface area contributed by atoms with Crippen LogP contribution in [-0.4, -0.2) is 97.1 Å². The van der Waals surface area contributed by atoms with E-state index in [1.807, 2.05) is 94.4 Å². The van der Waals surface area contributed by atoms with Crippen molar-refractivity contribution in [2.75, 3.05) is 37.9 Å². The molecule has 6 amide bonds. The highest BCUT2D eigenvalue weighted by molar-refractivity contribution is 5.99. The zero-order chi connectivity index (χ0) is 41.9. The van der Waals surface area contributed by atoms with Gasteiger partial charge >= 0.3 is 12.2 Å². The van der Waals surface area contributed by atoms with Crippen molar-refractivity contribution in [3.05, 3.63) is 95.6 Å². The van der Waals surface area contributed by atoms with E-state index in [1.165, 1.54) is 14.2 Å². The molecule has 0 spiro atoms. The predicted molar refractivity (Wildman–Crippen MR) is 220 cm³/mol. The van der Waals surface area contributed by atoms with Gasteiger partial charge in [0.25, 0.3) is 0 Å². The molecule has 2 saturated heterocycles. The second kappa shape index (κ2) is 20.0. The second-order valence-electron chi connectivity index (χ2n) is 15.6. The van der Waals surface area contributed by atoms with Crippen molar-refractivity contribution >= 4 is 47.2 Å². The summed E-state index contributed by atoms with van der Waals surface area (Å²) in [5.74, 6) is -1.60. The number of benzene rings is 3. The Morgan fingerprint density at radius 1 is 0.603 bits per heavy atom. The number of rotatable bonds is 14. The van der Waals surface area contributed by atoms with Gasteiger partial charge in [0, 0.05) is 30.4 Å². The molecule has 5 unspecified atom stereocenters. The average Bonchev–Trinajstić information content (AvgIpc) is 3.93. The Morgan fingerprint density at radius 2 is 1.02 bits per heavy atom. The van der Waals surface area contributed by atoms with Gasteiger partial charge in [0.2, 0.25) is 23.6 Å². The summed E-state index contributed by atoms with van der Waals surface area (Å²) in [5.41, 5.74) is 4.42. The minimum atomic E-state index is -0.813. The van der Waals surface area contributed by atoms with E-state index in [-0.39, 0.29) is 41.4 Å². The van der Waals surface area contributed by atoms with Crippen LogP contribution in [0.5, 0.6) is 0 Å². The van der Waals surface area contributed by atoms with Crippen molar-refractivity contribution in [1.29, 1.82) is 0 Å². The van der Waals surface area contributed by atoms with Crippen molar-refractivity contribution in [2.24, 2.45) is 11.8 Å². The van der Waals surface area contributed by atoms with E-state index >= 15 is 0 Å². The minimum absolute atomic E-state index is 0.0184. The fourth-order valence-electron chi connectivity index (χ4n) is 7.69. The number of carbonyl (C=O) groups excluding carboxylic acids is 6. The van der Waals surface area contributed by atoms with Crippen LogP contribution >= 0.6 is 0 Å². The Balaban J connectivity index is 1.24. The van der Waals surface area contributed by atoms with E-state index in [0.29, 0.717) is 56.6 Å². The lowest BCUT2D eigenvalue weighted by molar-refractivity contribution is -0.139. The van der Waals surface area contributed by atoms with E-state index < -0.39 is 36.4 Å². The molecule has 0 aromatic heterocycles. The first-order valence-corrected chi connectivity index (χ1v) is 20.0. The Morgan fingerprint density at radius 3 is 1.43 bits per heavy atom. The molecule has 310 valence electrons. The van der Waals surface area contributed by atoms with Crippen LogP contribution in [0.2, 0.25) is 0 Å². The first-order valence-electron chi connectivity index (χ1n) is 20.0. The van der Waals surface area contributed by atoms with Crippen molar-refractivity contribution in [1.82, 2.24) is 20.4 Å². The molecule has 0 radical (unpaired) electrons. The number of alkyl carbamates (subject to hydrolysis) is 2. The molecule has 0 bridgehead atoms. The van der Waals surface area contributed by atoms with Gasteiger partial charge in [-0.05, 0) is 84.9 Å². The first-order chi connectivity index (χ1) is 27.8. The highest BCUT2D eigenvalue weighted by atomic mass is 16.5. The third-order valence-corrected chi connectivity index (χ3v) is 10.9. The number of hydrogen-bond acceptors (Lipinski definition) is 8. The Kier molecular flexibility index (Phi) is 14.9. The molecule has 3 aromatic carbocycles. The summed E-state index contributed by atoms with van der Waals surface area (Å²) in [6.07, 6.45) is 1.66. The monoisotopic (exact) mass is 796 g/mol. The third-order valence-electron chi connectivity index (χ3n) is 10.9. The van der Waals surface area contributed by atoms with Crippen LogP contribution in [0.4, 0.5) is 21.0 Å². The quantitative estimate of drug-likeness (QED) is 0.161. The average molecular weight is 797 g/mol. The number of nitrogens with zero attached hydrogens (tertiary/aromatic N) is 2. The highest BCUT2D eigenvalue weighted by Gasteiger charge is 2.40.